The molecule has 0 spiro atoms. The van der Waals surface area contributed by atoms with Crippen molar-refractivity contribution in [2.75, 3.05) is 0 Å². The molecule has 0 fully saturated rings. The van der Waals surface area contributed by atoms with E-state index in [1.807, 2.05) is 0 Å². The Labute approximate surface area is 95.1 Å². The van der Waals surface area contributed by atoms with Crippen LogP contribution in [-0.4, -0.2) is 11.1 Å². The summed E-state index contributed by atoms with van der Waals surface area (Å²) in [4.78, 5) is 10.5. The van der Waals surface area contributed by atoms with Gasteiger partial charge in [0.15, 0.2) is 0 Å². The lowest BCUT2D eigenvalue weighted by Crippen LogP contribution is -2.14. The second-order valence-corrected chi connectivity index (χ2v) is 3.44. The largest absolute Gasteiger partial charge is 0.481 e. The fraction of sp³-hybridized carbons (Fsp3) is 0.273. The zero-order chi connectivity index (χ0) is 13.2. The van der Waals surface area contributed by atoms with Gasteiger partial charge in [-0.15, -0.1) is 0 Å². The van der Waals surface area contributed by atoms with Crippen LogP contribution in [-0.2, 0) is 17.4 Å². The minimum Gasteiger partial charge on any atom is -0.481 e. The number of carboxylic acid groups (broad SMARTS) is 1. The number of benzene rings is 1. The van der Waals surface area contributed by atoms with Gasteiger partial charge in [-0.3, -0.25) is 4.79 Å². The summed E-state index contributed by atoms with van der Waals surface area (Å²) in [6.45, 7) is 1.31. The average Bonchev–Trinajstić information content (AvgIpc) is 2.18. The Kier molecular flexibility index (Phi) is 3.42. The molecule has 0 saturated carbocycles. The third-order valence-electron chi connectivity index (χ3n) is 2.35. The highest BCUT2D eigenvalue weighted by Gasteiger charge is 2.34. The predicted molar refractivity (Wildman–Crippen MR) is 52.2 cm³/mol. The monoisotopic (exact) mass is 243 g/mol. The van der Waals surface area contributed by atoms with Crippen molar-refractivity contribution in [3.8, 4) is 6.07 Å². The summed E-state index contributed by atoms with van der Waals surface area (Å²) in [6, 6.07) is 3.51. The minimum atomic E-state index is -4.62. The third kappa shape index (κ3) is 2.75. The molecule has 0 amide bonds. The molecule has 0 unspecified atom stereocenters. The molecule has 0 saturated heterocycles. The number of nitrogens with zero attached hydrogens (tertiary/aromatic N) is 1. The molecule has 3 nitrogen and oxygen atoms in total. The lowest BCUT2D eigenvalue weighted by Gasteiger charge is -2.14. The highest BCUT2D eigenvalue weighted by Crippen LogP contribution is 2.34. The first-order chi connectivity index (χ1) is 7.77. The van der Waals surface area contributed by atoms with Crippen LogP contribution in [0, 0.1) is 18.3 Å². The van der Waals surface area contributed by atoms with Crippen LogP contribution >= 0.6 is 0 Å². The maximum atomic E-state index is 12.6. The van der Waals surface area contributed by atoms with Crippen molar-refractivity contribution in [2.24, 2.45) is 0 Å². The first kappa shape index (κ1) is 13.0. The van der Waals surface area contributed by atoms with Crippen molar-refractivity contribution in [1.82, 2.24) is 0 Å². The molecule has 1 rings (SSSR count). The van der Waals surface area contributed by atoms with Crippen LogP contribution in [0.2, 0.25) is 0 Å². The molecular formula is C11H8F3NO2. The van der Waals surface area contributed by atoms with Crippen molar-refractivity contribution >= 4 is 5.97 Å². The van der Waals surface area contributed by atoms with Crippen LogP contribution in [0.15, 0.2) is 12.1 Å². The van der Waals surface area contributed by atoms with E-state index in [1.165, 1.54) is 6.92 Å². The predicted octanol–water partition coefficient (Wildman–Crippen LogP) is 2.51. The number of aliphatic carboxylic acids is 1. The van der Waals surface area contributed by atoms with Crippen molar-refractivity contribution in [1.29, 1.82) is 5.26 Å². The van der Waals surface area contributed by atoms with Gasteiger partial charge in [0.2, 0.25) is 0 Å². The van der Waals surface area contributed by atoms with Gasteiger partial charge in [0.25, 0.3) is 0 Å². The summed E-state index contributed by atoms with van der Waals surface area (Å²) in [6.07, 6.45) is -5.38. The first-order valence-electron chi connectivity index (χ1n) is 4.59. The van der Waals surface area contributed by atoms with E-state index < -0.39 is 24.1 Å². The fourth-order valence-corrected chi connectivity index (χ4v) is 1.52. The van der Waals surface area contributed by atoms with Gasteiger partial charge < -0.3 is 5.11 Å². The van der Waals surface area contributed by atoms with Crippen molar-refractivity contribution in [3.05, 3.63) is 34.4 Å². The van der Waals surface area contributed by atoms with Crippen LogP contribution in [0.4, 0.5) is 13.2 Å². The molecule has 1 aromatic carbocycles. The molecule has 0 aliphatic heterocycles. The molecule has 0 atom stereocenters. The minimum absolute atomic E-state index is 0.0502. The van der Waals surface area contributed by atoms with E-state index in [0.29, 0.717) is 0 Å². The van der Waals surface area contributed by atoms with Gasteiger partial charge in [-0.25, -0.2) is 0 Å². The number of carbonyl (C=O) groups is 1. The topological polar surface area (TPSA) is 61.1 Å². The smallest absolute Gasteiger partial charge is 0.416 e. The van der Waals surface area contributed by atoms with Gasteiger partial charge in [0.05, 0.1) is 23.6 Å². The summed E-state index contributed by atoms with van der Waals surface area (Å²) >= 11 is 0. The lowest BCUT2D eigenvalue weighted by atomic mass is 9.95. The van der Waals surface area contributed by atoms with Gasteiger partial charge in [-0.2, -0.15) is 18.4 Å². The van der Waals surface area contributed by atoms with Crippen LogP contribution < -0.4 is 0 Å². The molecule has 0 aliphatic rings. The molecule has 1 aromatic rings. The summed E-state index contributed by atoms with van der Waals surface area (Å²) in [5, 5.41) is 17.3. The standard InChI is InChI=1S/C11H8F3NO2/c1-6-7(5-15)2-3-9(11(12,13)14)8(6)4-10(16)17/h2-3H,4H2,1H3,(H,16,17). The Morgan fingerprint density at radius 2 is 2.06 bits per heavy atom. The van der Waals surface area contributed by atoms with Crippen LogP contribution in [0.1, 0.15) is 22.3 Å². The molecule has 1 N–H and O–H groups in total. The van der Waals surface area contributed by atoms with E-state index in [-0.39, 0.29) is 16.7 Å². The van der Waals surface area contributed by atoms with Crippen molar-refractivity contribution in [3.63, 3.8) is 0 Å². The number of halogens is 3. The van der Waals surface area contributed by atoms with Crippen LogP contribution in [0.5, 0.6) is 0 Å². The SMILES string of the molecule is Cc1c(C#N)ccc(C(F)(F)F)c1CC(=O)O. The quantitative estimate of drug-likeness (QED) is 0.868. The van der Waals surface area contributed by atoms with Crippen LogP contribution in [0.25, 0.3) is 0 Å². The first-order valence-corrected chi connectivity index (χ1v) is 4.59. The average molecular weight is 243 g/mol. The zero-order valence-corrected chi connectivity index (χ0v) is 8.80. The number of hydrogen-bond donors (Lipinski definition) is 1. The maximum absolute atomic E-state index is 12.6. The molecule has 0 aliphatic carbocycles. The van der Waals surface area contributed by atoms with E-state index >= 15 is 0 Å². The molecule has 6 heteroatoms. The van der Waals surface area contributed by atoms with Crippen LogP contribution in [0.3, 0.4) is 0 Å². The lowest BCUT2D eigenvalue weighted by molar-refractivity contribution is -0.139. The van der Waals surface area contributed by atoms with Gasteiger partial charge in [0.1, 0.15) is 0 Å². The molecule has 0 aromatic heterocycles. The number of hydrogen-bond acceptors (Lipinski definition) is 2. The van der Waals surface area contributed by atoms with E-state index in [2.05, 4.69) is 0 Å². The van der Waals surface area contributed by atoms with Gasteiger partial charge in [0, 0.05) is 0 Å². The number of nitriles is 1. The van der Waals surface area contributed by atoms with E-state index in [4.69, 9.17) is 10.4 Å². The molecule has 90 valence electrons. The maximum Gasteiger partial charge on any atom is 0.416 e. The number of rotatable bonds is 2. The van der Waals surface area contributed by atoms with E-state index in [1.54, 1.807) is 6.07 Å². The molecule has 0 heterocycles. The van der Waals surface area contributed by atoms with Gasteiger partial charge in [-0.1, -0.05) is 0 Å². The fourth-order valence-electron chi connectivity index (χ4n) is 1.52. The second-order valence-electron chi connectivity index (χ2n) is 3.44. The Balaban J connectivity index is 3.48. The van der Waals surface area contributed by atoms with Crippen molar-refractivity contribution < 1.29 is 23.1 Å². The number of alkyl halides is 3. The van der Waals surface area contributed by atoms with E-state index in [0.717, 1.165) is 12.1 Å². The summed E-state index contributed by atoms with van der Waals surface area (Å²) in [7, 11) is 0. The van der Waals surface area contributed by atoms with Gasteiger partial charge in [-0.05, 0) is 30.2 Å². The highest BCUT2D eigenvalue weighted by molar-refractivity contribution is 5.72. The summed E-state index contributed by atoms with van der Waals surface area (Å²) in [5.41, 5.74) is -1.25. The summed E-state index contributed by atoms with van der Waals surface area (Å²) in [5.74, 6) is -1.37. The van der Waals surface area contributed by atoms with Crippen molar-refractivity contribution in [2.45, 2.75) is 19.5 Å². The molecule has 17 heavy (non-hydrogen) atoms. The Morgan fingerprint density at radius 1 is 1.47 bits per heavy atom. The normalized spacial score (nSPS) is 11.0. The Morgan fingerprint density at radius 3 is 2.47 bits per heavy atom. The second kappa shape index (κ2) is 4.45. The highest BCUT2D eigenvalue weighted by atomic mass is 19.4. The molecule has 0 bridgehead atoms. The zero-order valence-electron chi connectivity index (χ0n) is 8.80. The molecular weight excluding hydrogens is 235 g/mol. The Hall–Kier alpha value is -2.03. The molecule has 0 radical (unpaired) electrons. The van der Waals surface area contributed by atoms with Gasteiger partial charge >= 0.3 is 12.1 Å². The Bertz CT molecular complexity index is 501. The summed E-state index contributed by atoms with van der Waals surface area (Å²) < 4.78 is 37.9. The third-order valence-corrected chi connectivity index (χ3v) is 2.35. The van der Waals surface area contributed by atoms with E-state index in [9.17, 15) is 18.0 Å². The number of carboxylic acids is 1.